The number of nitrogens with zero attached hydrogens (tertiary/aromatic N) is 2. The fourth-order valence-corrected chi connectivity index (χ4v) is 3.29. The first-order valence-corrected chi connectivity index (χ1v) is 7.22. The normalized spacial score (nSPS) is 26.0. The van der Waals surface area contributed by atoms with Crippen LogP contribution in [-0.4, -0.2) is 33.7 Å². The number of rotatable bonds is 2. The molecule has 3 rings (SSSR count). The number of urea groups is 1. The third kappa shape index (κ3) is 1.66. The van der Waals surface area contributed by atoms with Crippen LogP contribution in [0.2, 0.25) is 0 Å². The summed E-state index contributed by atoms with van der Waals surface area (Å²) in [5, 5.41) is 0. The van der Waals surface area contributed by atoms with E-state index in [-0.39, 0.29) is 24.3 Å². The van der Waals surface area contributed by atoms with Crippen molar-refractivity contribution < 1.29 is 14.4 Å². The molecule has 0 aromatic heterocycles. The molecule has 1 aromatic rings. The molecule has 0 radical (unpaired) electrons. The smallest absolute Gasteiger partial charge is 0.274 e. The molecule has 0 bridgehead atoms. The van der Waals surface area contributed by atoms with Gasteiger partial charge in [0.05, 0.1) is 12.0 Å². The Morgan fingerprint density at radius 3 is 2.57 bits per heavy atom. The van der Waals surface area contributed by atoms with Crippen LogP contribution in [0.5, 0.6) is 0 Å². The highest BCUT2D eigenvalue weighted by Crippen LogP contribution is 2.45. The molecule has 5 nitrogen and oxygen atoms in total. The molecular weight excluding hydrogens is 268 g/mol. The number of amides is 4. The molecule has 2 atom stereocenters. The Hall–Kier alpha value is -2.17. The number of carbonyl (C=O) groups excluding carboxylic acids is 3. The first kappa shape index (κ1) is 13.8. The summed E-state index contributed by atoms with van der Waals surface area (Å²) in [5.41, 5.74) is 0.430. The maximum atomic E-state index is 12.7. The fourth-order valence-electron chi connectivity index (χ4n) is 3.29. The number of benzene rings is 1. The van der Waals surface area contributed by atoms with E-state index in [9.17, 15) is 14.4 Å². The molecule has 4 amide bonds. The van der Waals surface area contributed by atoms with E-state index < -0.39 is 11.6 Å². The standard InChI is InChI=1S/C16H18N2O3/c1-4-10(2)17-13(19)9-16(3)12-8-6-5-7-11(12)14(20)18(16)15(17)21/h5-8,10H,4,9H2,1-3H3. The average Bonchev–Trinajstić information content (AvgIpc) is 2.67. The summed E-state index contributed by atoms with van der Waals surface area (Å²) < 4.78 is 0. The molecule has 1 saturated heterocycles. The molecular formula is C16H18N2O3. The molecule has 0 N–H and O–H groups in total. The van der Waals surface area contributed by atoms with Gasteiger partial charge in [-0.2, -0.15) is 0 Å². The van der Waals surface area contributed by atoms with Crippen LogP contribution in [0.15, 0.2) is 24.3 Å². The fraction of sp³-hybridized carbons (Fsp3) is 0.438. The lowest BCUT2D eigenvalue weighted by atomic mass is 9.86. The zero-order valence-corrected chi connectivity index (χ0v) is 12.4. The number of hydrogen-bond donors (Lipinski definition) is 0. The second-order valence-electron chi connectivity index (χ2n) is 5.94. The third-order valence-corrected chi connectivity index (χ3v) is 4.63. The van der Waals surface area contributed by atoms with E-state index in [1.54, 1.807) is 19.1 Å². The summed E-state index contributed by atoms with van der Waals surface area (Å²) >= 11 is 0. The molecule has 110 valence electrons. The van der Waals surface area contributed by atoms with E-state index in [2.05, 4.69) is 0 Å². The third-order valence-electron chi connectivity index (χ3n) is 4.63. The van der Waals surface area contributed by atoms with Crippen LogP contribution in [0.1, 0.15) is 49.5 Å². The van der Waals surface area contributed by atoms with Crippen molar-refractivity contribution in [2.45, 2.75) is 45.2 Å². The quantitative estimate of drug-likeness (QED) is 0.839. The van der Waals surface area contributed by atoms with Gasteiger partial charge in [0.2, 0.25) is 5.91 Å². The maximum Gasteiger partial charge on any atom is 0.334 e. The lowest BCUT2D eigenvalue weighted by molar-refractivity contribution is -0.136. The molecule has 2 aliphatic heterocycles. The van der Waals surface area contributed by atoms with Crippen LogP contribution < -0.4 is 0 Å². The van der Waals surface area contributed by atoms with Gasteiger partial charge in [-0.15, -0.1) is 0 Å². The van der Waals surface area contributed by atoms with E-state index in [0.717, 1.165) is 5.56 Å². The molecule has 5 heteroatoms. The Kier molecular flexibility index (Phi) is 2.90. The first-order chi connectivity index (χ1) is 9.91. The number of fused-ring (bicyclic) bond motifs is 3. The zero-order chi connectivity index (χ0) is 15.4. The summed E-state index contributed by atoms with van der Waals surface area (Å²) in [6, 6.07) is 6.45. The highest BCUT2D eigenvalue weighted by atomic mass is 16.2. The monoisotopic (exact) mass is 286 g/mol. The molecule has 0 spiro atoms. The molecule has 21 heavy (non-hydrogen) atoms. The van der Waals surface area contributed by atoms with Gasteiger partial charge in [-0.25, -0.2) is 9.69 Å². The highest BCUT2D eigenvalue weighted by Gasteiger charge is 2.56. The molecule has 1 fully saturated rings. The summed E-state index contributed by atoms with van der Waals surface area (Å²) in [7, 11) is 0. The van der Waals surface area contributed by atoms with Gasteiger partial charge in [-0.1, -0.05) is 25.1 Å². The van der Waals surface area contributed by atoms with Crippen LogP contribution in [0.25, 0.3) is 0 Å². The van der Waals surface area contributed by atoms with Gasteiger partial charge in [0.1, 0.15) is 0 Å². The van der Waals surface area contributed by atoms with E-state index in [1.165, 1.54) is 9.80 Å². The van der Waals surface area contributed by atoms with Crippen molar-refractivity contribution in [1.82, 2.24) is 9.80 Å². The summed E-state index contributed by atoms with van der Waals surface area (Å²) in [4.78, 5) is 40.2. The summed E-state index contributed by atoms with van der Waals surface area (Å²) in [6.45, 7) is 5.53. The van der Waals surface area contributed by atoms with Gasteiger partial charge in [0.15, 0.2) is 0 Å². The SMILES string of the molecule is CCC(C)N1C(=O)CC2(C)c3ccccc3C(=O)N2C1=O. The van der Waals surface area contributed by atoms with Gasteiger partial charge in [0.25, 0.3) is 5.91 Å². The van der Waals surface area contributed by atoms with Crippen molar-refractivity contribution in [3.05, 3.63) is 35.4 Å². The van der Waals surface area contributed by atoms with Crippen LogP contribution >= 0.6 is 0 Å². The van der Waals surface area contributed by atoms with Crippen LogP contribution in [0.3, 0.4) is 0 Å². The van der Waals surface area contributed by atoms with Crippen molar-refractivity contribution >= 4 is 17.8 Å². The minimum atomic E-state index is -0.855. The van der Waals surface area contributed by atoms with E-state index in [4.69, 9.17) is 0 Å². The largest absolute Gasteiger partial charge is 0.334 e. The second kappa shape index (κ2) is 4.41. The van der Waals surface area contributed by atoms with E-state index in [0.29, 0.717) is 12.0 Å². The van der Waals surface area contributed by atoms with Gasteiger partial charge < -0.3 is 0 Å². The van der Waals surface area contributed by atoms with E-state index in [1.807, 2.05) is 26.0 Å². The minimum absolute atomic E-state index is 0.145. The first-order valence-electron chi connectivity index (χ1n) is 7.22. The number of hydrogen-bond acceptors (Lipinski definition) is 3. The second-order valence-corrected chi connectivity index (χ2v) is 5.94. The molecule has 0 saturated carbocycles. The Labute approximate surface area is 123 Å². The maximum absolute atomic E-state index is 12.7. The molecule has 2 heterocycles. The van der Waals surface area contributed by atoms with Crippen molar-refractivity contribution in [2.75, 3.05) is 0 Å². The Morgan fingerprint density at radius 2 is 1.90 bits per heavy atom. The topological polar surface area (TPSA) is 57.7 Å². The van der Waals surface area contributed by atoms with Gasteiger partial charge in [0, 0.05) is 11.6 Å². The predicted molar refractivity (Wildman–Crippen MR) is 76.6 cm³/mol. The lowest BCUT2D eigenvalue weighted by Crippen LogP contribution is -2.61. The Morgan fingerprint density at radius 1 is 1.24 bits per heavy atom. The number of carbonyl (C=O) groups is 3. The summed E-state index contributed by atoms with van der Waals surface area (Å²) in [6.07, 6.45) is 0.814. The zero-order valence-electron chi connectivity index (χ0n) is 12.4. The van der Waals surface area contributed by atoms with Gasteiger partial charge in [-0.3, -0.25) is 14.5 Å². The van der Waals surface area contributed by atoms with Crippen molar-refractivity contribution in [3.8, 4) is 0 Å². The molecule has 1 aromatic carbocycles. The summed E-state index contributed by atoms with van der Waals surface area (Å²) in [5.74, 6) is -0.517. The van der Waals surface area contributed by atoms with Crippen molar-refractivity contribution in [3.63, 3.8) is 0 Å². The van der Waals surface area contributed by atoms with Crippen LogP contribution in [0.4, 0.5) is 4.79 Å². The van der Waals surface area contributed by atoms with Gasteiger partial charge >= 0.3 is 6.03 Å². The lowest BCUT2D eigenvalue weighted by Gasteiger charge is -2.44. The Balaban J connectivity index is 2.12. The van der Waals surface area contributed by atoms with Crippen molar-refractivity contribution in [2.24, 2.45) is 0 Å². The van der Waals surface area contributed by atoms with Gasteiger partial charge in [-0.05, 0) is 31.9 Å². The minimum Gasteiger partial charge on any atom is -0.274 e. The highest BCUT2D eigenvalue weighted by molar-refractivity contribution is 6.14. The molecule has 2 aliphatic rings. The molecule has 2 unspecified atom stereocenters. The average molecular weight is 286 g/mol. The van der Waals surface area contributed by atoms with Crippen LogP contribution in [0, 0.1) is 0 Å². The Bertz CT molecular complexity index is 655. The number of imide groups is 2. The van der Waals surface area contributed by atoms with Crippen LogP contribution in [-0.2, 0) is 10.3 Å². The predicted octanol–water partition coefficient (Wildman–Crippen LogP) is 2.51. The molecule has 0 aliphatic carbocycles. The van der Waals surface area contributed by atoms with E-state index >= 15 is 0 Å². The van der Waals surface area contributed by atoms with Crippen molar-refractivity contribution in [1.29, 1.82) is 0 Å².